The molecule has 106 valence electrons. The van der Waals surface area contributed by atoms with Crippen LogP contribution in [0.15, 0.2) is 12.1 Å². The summed E-state index contributed by atoms with van der Waals surface area (Å²) in [6, 6.07) is 3.85. The van der Waals surface area contributed by atoms with Gasteiger partial charge in [-0.3, -0.25) is 0 Å². The van der Waals surface area contributed by atoms with Crippen LogP contribution in [0.4, 0.5) is 5.69 Å². The summed E-state index contributed by atoms with van der Waals surface area (Å²) in [6.07, 6.45) is 0.208. The van der Waals surface area contributed by atoms with E-state index < -0.39 is 0 Å². The molecule has 1 aliphatic rings. The third-order valence-electron chi connectivity index (χ3n) is 3.34. The van der Waals surface area contributed by atoms with Crippen molar-refractivity contribution >= 4 is 17.3 Å². The highest BCUT2D eigenvalue weighted by Crippen LogP contribution is 2.30. The molecule has 0 amide bonds. The molecule has 0 bridgehead atoms. The van der Waals surface area contributed by atoms with E-state index in [1.807, 2.05) is 19.1 Å². The first-order valence-electron chi connectivity index (χ1n) is 6.48. The van der Waals surface area contributed by atoms with Crippen molar-refractivity contribution < 1.29 is 9.47 Å². The lowest BCUT2D eigenvalue weighted by Gasteiger charge is -2.30. The normalized spacial score (nSPS) is 20.3. The van der Waals surface area contributed by atoms with E-state index in [4.69, 9.17) is 21.1 Å². The fraction of sp³-hybridized carbons (Fsp3) is 0.571. The standard InChI is InChI=1S/C14H21ClN2O2/c1-10-6-13(14(18-3)7-12(10)15)16-8-11-9-17(2)4-5-19-11/h6-7,11,16H,4-5,8-9H2,1-3H3. The Morgan fingerprint density at radius 1 is 1.53 bits per heavy atom. The van der Waals surface area contributed by atoms with Crippen LogP contribution in [0.5, 0.6) is 5.75 Å². The van der Waals surface area contributed by atoms with Gasteiger partial charge < -0.3 is 19.7 Å². The Balaban J connectivity index is 2.00. The van der Waals surface area contributed by atoms with E-state index in [1.165, 1.54) is 0 Å². The van der Waals surface area contributed by atoms with Crippen molar-refractivity contribution in [1.82, 2.24) is 4.90 Å². The lowest BCUT2D eigenvalue weighted by atomic mass is 10.2. The summed E-state index contributed by atoms with van der Waals surface area (Å²) in [5.74, 6) is 0.764. The largest absolute Gasteiger partial charge is 0.495 e. The van der Waals surface area contributed by atoms with Crippen molar-refractivity contribution in [3.05, 3.63) is 22.7 Å². The minimum atomic E-state index is 0.208. The fourth-order valence-electron chi connectivity index (χ4n) is 2.18. The van der Waals surface area contributed by atoms with Crippen LogP contribution in [-0.4, -0.2) is 51.4 Å². The molecule has 1 N–H and O–H groups in total. The molecule has 1 atom stereocenters. The summed E-state index contributed by atoms with van der Waals surface area (Å²) in [6.45, 7) is 5.49. The summed E-state index contributed by atoms with van der Waals surface area (Å²) in [5, 5.41) is 4.11. The quantitative estimate of drug-likeness (QED) is 0.921. The third-order valence-corrected chi connectivity index (χ3v) is 3.75. The molecule has 1 heterocycles. The molecule has 5 heteroatoms. The topological polar surface area (TPSA) is 33.7 Å². The van der Waals surface area contributed by atoms with Crippen molar-refractivity contribution in [1.29, 1.82) is 0 Å². The number of ether oxygens (including phenoxy) is 2. The maximum atomic E-state index is 6.09. The zero-order chi connectivity index (χ0) is 13.8. The Morgan fingerprint density at radius 3 is 3.00 bits per heavy atom. The molecular weight excluding hydrogens is 264 g/mol. The average molecular weight is 285 g/mol. The Morgan fingerprint density at radius 2 is 2.32 bits per heavy atom. The Kier molecular flexibility index (Phi) is 4.91. The average Bonchev–Trinajstić information content (AvgIpc) is 2.39. The van der Waals surface area contributed by atoms with Crippen LogP contribution in [0.3, 0.4) is 0 Å². The smallest absolute Gasteiger partial charge is 0.143 e. The second-order valence-corrected chi connectivity index (χ2v) is 5.34. The molecule has 4 nitrogen and oxygen atoms in total. The van der Waals surface area contributed by atoms with Crippen LogP contribution in [0.1, 0.15) is 5.56 Å². The number of halogens is 1. The summed E-state index contributed by atoms with van der Waals surface area (Å²) < 4.78 is 11.1. The summed E-state index contributed by atoms with van der Waals surface area (Å²) in [4.78, 5) is 2.28. The van der Waals surface area contributed by atoms with E-state index in [-0.39, 0.29) is 6.10 Å². The van der Waals surface area contributed by atoms with Gasteiger partial charge in [0.05, 0.1) is 25.5 Å². The number of morpholine rings is 1. The van der Waals surface area contributed by atoms with Crippen molar-refractivity contribution in [3.63, 3.8) is 0 Å². The molecule has 0 radical (unpaired) electrons. The molecule has 0 saturated carbocycles. The van der Waals surface area contributed by atoms with E-state index in [1.54, 1.807) is 7.11 Å². The van der Waals surface area contributed by atoms with Gasteiger partial charge in [-0.2, -0.15) is 0 Å². The van der Waals surface area contributed by atoms with Crippen LogP contribution in [-0.2, 0) is 4.74 Å². The van der Waals surface area contributed by atoms with Gasteiger partial charge in [-0.1, -0.05) is 11.6 Å². The molecule has 1 aromatic carbocycles. The second-order valence-electron chi connectivity index (χ2n) is 4.94. The Labute approximate surface area is 119 Å². The molecule has 2 rings (SSSR count). The van der Waals surface area contributed by atoms with Crippen molar-refractivity contribution in [2.45, 2.75) is 13.0 Å². The predicted molar refractivity (Wildman–Crippen MR) is 78.5 cm³/mol. The summed E-state index contributed by atoms with van der Waals surface area (Å²) >= 11 is 6.09. The van der Waals surface area contributed by atoms with Gasteiger partial charge in [0.25, 0.3) is 0 Å². The molecule has 0 spiro atoms. The van der Waals surface area contributed by atoms with Crippen LogP contribution in [0.25, 0.3) is 0 Å². The Bertz CT molecular complexity index is 440. The molecule has 19 heavy (non-hydrogen) atoms. The van der Waals surface area contributed by atoms with Gasteiger partial charge in [0.15, 0.2) is 0 Å². The molecule has 1 unspecified atom stereocenters. The fourth-order valence-corrected chi connectivity index (χ4v) is 2.34. The lowest BCUT2D eigenvalue weighted by molar-refractivity contribution is -0.0117. The number of hydrogen-bond donors (Lipinski definition) is 1. The molecule has 0 aromatic heterocycles. The van der Waals surface area contributed by atoms with Crippen LogP contribution in [0, 0.1) is 6.92 Å². The monoisotopic (exact) mass is 284 g/mol. The maximum absolute atomic E-state index is 6.09. The number of likely N-dealkylation sites (N-methyl/N-ethyl adjacent to an activating group) is 1. The summed E-state index contributed by atoms with van der Waals surface area (Å²) in [7, 11) is 3.76. The number of benzene rings is 1. The molecule has 1 aromatic rings. The third kappa shape index (κ3) is 3.75. The number of anilines is 1. The van der Waals surface area contributed by atoms with Gasteiger partial charge in [-0.25, -0.2) is 0 Å². The zero-order valence-electron chi connectivity index (χ0n) is 11.7. The first kappa shape index (κ1) is 14.4. The van der Waals surface area contributed by atoms with Crippen molar-refractivity contribution in [2.75, 3.05) is 45.7 Å². The molecule has 1 fully saturated rings. The minimum absolute atomic E-state index is 0.208. The number of aryl methyl sites for hydroxylation is 1. The van der Waals surface area contributed by atoms with Gasteiger partial charge in [-0.05, 0) is 25.6 Å². The van der Waals surface area contributed by atoms with Crippen LogP contribution in [0.2, 0.25) is 5.02 Å². The van der Waals surface area contributed by atoms with E-state index in [9.17, 15) is 0 Å². The highest BCUT2D eigenvalue weighted by atomic mass is 35.5. The predicted octanol–water partition coefficient (Wildman–Crippen LogP) is 2.40. The SMILES string of the molecule is COc1cc(Cl)c(C)cc1NCC1CN(C)CCO1. The van der Waals surface area contributed by atoms with E-state index in [0.29, 0.717) is 0 Å². The van der Waals surface area contributed by atoms with Gasteiger partial charge in [0.2, 0.25) is 0 Å². The number of nitrogens with one attached hydrogen (secondary N) is 1. The number of rotatable bonds is 4. The van der Waals surface area contributed by atoms with Crippen LogP contribution < -0.4 is 10.1 Å². The number of methoxy groups -OCH3 is 1. The molecule has 1 saturated heterocycles. The molecule has 0 aliphatic carbocycles. The van der Waals surface area contributed by atoms with Gasteiger partial charge in [0.1, 0.15) is 5.75 Å². The molecule has 1 aliphatic heterocycles. The Hall–Kier alpha value is -0.970. The van der Waals surface area contributed by atoms with Crippen molar-refractivity contribution in [2.24, 2.45) is 0 Å². The van der Waals surface area contributed by atoms with Gasteiger partial charge >= 0.3 is 0 Å². The number of nitrogens with zero attached hydrogens (tertiary/aromatic N) is 1. The zero-order valence-corrected chi connectivity index (χ0v) is 12.5. The van der Waals surface area contributed by atoms with E-state index in [0.717, 1.165) is 48.3 Å². The second kappa shape index (κ2) is 6.46. The first-order valence-corrected chi connectivity index (χ1v) is 6.86. The first-order chi connectivity index (χ1) is 9.10. The lowest BCUT2D eigenvalue weighted by Crippen LogP contribution is -2.43. The maximum Gasteiger partial charge on any atom is 0.143 e. The van der Waals surface area contributed by atoms with E-state index >= 15 is 0 Å². The van der Waals surface area contributed by atoms with Crippen LogP contribution >= 0.6 is 11.6 Å². The highest BCUT2D eigenvalue weighted by Gasteiger charge is 2.18. The van der Waals surface area contributed by atoms with Gasteiger partial charge in [-0.15, -0.1) is 0 Å². The highest BCUT2D eigenvalue weighted by molar-refractivity contribution is 6.31. The summed E-state index contributed by atoms with van der Waals surface area (Å²) in [5.41, 5.74) is 1.99. The number of hydrogen-bond acceptors (Lipinski definition) is 4. The minimum Gasteiger partial charge on any atom is -0.495 e. The van der Waals surface area contributed by atoms with E-state index in [2.05, 4.69) is 17.3 Å². The molecular formula is C14H21ClN2O2. The van der Waals surface area contributed by atoms with Crippen molar-refractivity contribution in [3.8, 4) is 5.75 Å². The van der Waals surface area contributed by atoms with Gasteiger partial charge in [0, 0.05) is 30.7 Å².